The maximum Gasteiger partial charge on any atom is 0.136 e. The smallest absolute Gasteiger partial charge is 0.136 e. The first kappa shape index (κ1) is 14.1. The van der Waals surface area contributed by atoms with Gasteiger partial charge in [0.15, 0.2) is 0 Å². The van der Waals surface area contributed by atoms with Crippen LogP contribution in [-0.4, -0.2) is 28.6 Å². The Kier molecular flexibility index (Phi) is 4.38. The number of rotatable bonds is 5. The Hall–Kier alpha value is -2.32. The lowest BCUT2D eigenvalue weighted by Gasteiger charge is -2.17. The first-order valence-corrected chi connectivity index (χ1v) is 6.35. The summed E-state index contributed by atoms with van der Waals surface area (Å²) in [7, 11) is 5.61. The normalized spacial score (nSPS) is 10.6. The van der Waals surface area contributed by atoms with E-state index in [1.165, 1.54) is 0 Å². The lowest BCUT2D eigenvalue weighted by molar-refractivity contribution is 0.306. The summed E-state index contributed by atoms with van der Waals surface area (Å²) in [6.07, 6.45) is 3.74. The van der Waals surface area contributed by atoms with Crippen molar-refractivity contribution in [3.8, 4) is 11.8 Å². The second-order valence-electron chi connectivity index (χ2n) is 4.77. The summed E-state index contributed by atoms with van der Waals surface area (Å²) in [5.41, 5.74) is 1.67. The predicted molar refractivity (Wildman–Crippen MR) is 76.1 cm³/mol. The summed E-state index contributed by atoms with van der Waals surface area (Å²) in [5, 5.41) is 8.97. The Balaban J connectivity index is 2.06. The third-order valence-electron chi connectivity index (χ3n) is 3.17. The molecule has 5 nitrogen and oxygen atoms in total. The zero-order chi connectivity index (χ0) is 14.5. The number of imidazole rings is 1. The summed E-state index contributed by atoms with van der Waals surface area (Å²) in [4.78, 5) is 6.48. The molecule has 1 aromatic heterocycles. The third-order valence-corrected chi connectivity index (χ3v) is 3.17. The molecule has 0 aliphatic carbocycles. The molecule has 0 aliphatic heterocycles. The first-order valence-electron chi connectivity index (χ1n) is 6.35. The van der Waals surface area contributed by atoms with Crippen molar-refractivity contribution >= 4 is 0 Å². The van der Waals surface area contributed by atoms with Crippen molar-refractivity contribution in [3.05, 3.63) is 47.5 Å². The van der Waals surface area contributed by atoms with Gasteiger partial charge in [-0.25, -0.2) is 4.98 Å². The highest BCUT2D eigenvalue weighted by atomic mass is 16.5. The van der Waals surface area contributed by atoms with E-state index < -0.39 is 0 Å². The fourth-order valence-electron chi connectivity index (χ4n) is 2.08. The van der Waals surface area contributed by atoms with Gasteiger partial charge in [-0.1, -0.05) is 6.07 Å². The van der Waals surface area contributed by atoms with E-state index in [9.17, 15) is 0 Å². The number of hydrogen-bond acceptors (Lipinski definition) is 4. The molecule has 0 N–H and O–H groups in total. The molecular formula is C15H18N4O. The molecule has 0 radical (unpaired) electrons. The van der Waals surface area contributed by atoms with Crippen LogP contribution in [0.5, 0.6) is 5.75 Å². The molecule has 0 spiro atoms. The summed E-state index contributed by atoms with van der Waals surface area (Å²) in [6.45, 7) is 1.54. The quantitative estimate of drug-likeness (QED) is 0.833. The average molecular weight is 270 g/mol. The summed E-state index contributed by atoms with van der Waals surface area (Å²) >= 11 is 0. The predicted octanol–water partition coefficient (Wildman–Crippen LogP) is 1.93. The van der Waals surface area contributed by atoms with Crippen molar-refractivity contribution in [2.75, 3.05) is 14.2 Å². The highest BCUT2D eigenvalue weighted by molar-refractivity contribution is 5.45. The van der Waals surface area contributed by atoms with Crippen LogP contribution in [-0.2, 0) is 20.1 Å². The van der Waals surface area contributed by atoms with E-state index in [1.807, 2.05) is 37.0 Å². The van der Waals surface area contributed by atoms with Gasteiger partial charge in [-0.3, -0.25) is 4.90 Å². The summed E-state index contributed by atoms with van der Waals surface area (Å²) < 4.78 is 7.24. The summed E-state index contributed by atoms with van der Waals surface area (Å²) in [5.74, 6) is 1.64. The number of nitrogens with zero attached hydrogens (tertiary/aromatic N) is 4. The highest BCUT2D eigenvalue weighted by Crippen LogP contribution is 2.20. The van der Waals surface area contributed by atoms with Crippen molar-refractivity contribution in [1.29, 1.82) is 5.26 Å². The van der Waals surface area contributed by atoms with Gasteiger partial charge in [-0.05, 0) is 24.7 Å². The van der Waals surface area contributed by atoms with Gasteiger partial charge in [0.1, 0.15) is 17.6 Å². The number of aromatic nitrogens is 2. The van der Waals surface area contributed by atoms with Crippen LogP contribution in [0.3, 0.4) is 0 Å². The van der Waals surface area contributed by atoms with E-state index in [4.69, 9.17) is 10.00 Å². The number of hydrogen-bond donors (Lipinski definition) is 0. The number of methoxy groups -OCH3 is 1. The van der Waals surface area contributed by atoms with E-state index in [2.05, 4.69) is 16.0 Å². The van der Waals surface area contributed by atoms with Gasteiger partial charge in [0, 0.05) is 26.0 Å². The molecule has 0 atom stereocenters. The molecule has 0 saturated carbocycles. The minimum Gasteiger partial charge on any atom is -0.495 e. The SMILES string of the molecule is COc1cc(CN(C)Cc2nccn2C)ccc1C#N. The Morgan fingerprint density at radius 2 is 2.20 bits per heavy atom. The molecule has 0 amide bonds. The molecule has 1 aromatic carbocycles. The number of nitriles is 1. The Morgan fingerprint density at radius 1 is 1.40 bits per heavy atom. The van der Waals surface area contributed by atoms with Crippen LogP contribution in [0.15, 0.2) is 30.6 Å². The molecule has 0 saturated heterocycles. The van der Waals surface area contributed by atoms with Crippen LogP contribution < -0.4 is 4.74 Å². The zero-order valence-corrected chi connectivity index (χ0v) is 12.0. The molecule has 2 rings (SSSR count). The maximum atomic E-state index is 8.97. The largest absolute Gasteiger partial charge is 0.495 e. The van der Waals surface area contributed by atoms with E-state index in [0.717, 1.165) is 24.5 Å². The lowest BCUT2D eigenvalue weighted by atomic mass is 10.1. The van der Waals surface area contributed by atoms with E-state index in [1.54, 1.807) is 19.4 Å². The number of aryl methyl sites for hydroxylation is 1. The van der Waals surface area contributed by atoms with Gasteiger partial charge in [-0.15, -0.1) is 0 Å². The van der Waals surface area contributed by atoms with Crippen molar-refractivity contribution in [2.45, 2.75) is 13.1 Å². The Labute approximate surface area is 119 Å². The van der Waals surface area contributed by atoms with E-state index >= 15 is 0 Å². The number of benzene rings is 1. The molecule has 0 unspecified atom stereocenters. The minimum atomic E-state index is 0.558. The highest BCUT2D eigenvalue weighted by Gasteiger charge is 2.08. The Morgan fingerprint density at radius 3 is 2.80 bits per heavy atom. The molecular weight excluding hydrogens is 252 g/mol. The maximum absolute atomic E-state index is 8.97. The molecule has 1 heterocycles. The molecule has 5 heteroatoms. The molecule has 0 aliphatic rings. The van der Waals surface area contributed by atoms with Crippen LogP contribution in [0.4, 0.5) is 0 Å². The molecule has 0 fully saturated rings. The van der Waals surface area contributed by atoms with Crippen LogP contribution in [0, 0.1) is 11.3 Å². The lowest BCUT2D eigenvalue weighted by Crippen LogP contribution is -2.19. The molecule has 20 heavy (non-hydrogen) atoms. The zero-order valence-electron chi connectivity index (χ0n) is 12.0. The first-order chi connectivity index (χ1) is 9.63. The van der Waals surface area contributed by atoms with Crippen molar-refractivity contribution in [3.63, 3.8) is 0 Å². The van der Waals surface area contributed by atoms with E-state index in [0.29, 0.717) is 11.3 Å². The van der Waals surface area contributed by atoms with Crippen LogP contribution in [0.1, 0.15) is 17.0 Å². The molecule has 104 valence electrons. The van der Waals surface area contributed by atoms with Gasteiger partial charge >= 0.3 is 0 Å². The second kappa shape index (κ2) is 6.22. The van der Waals surface area contributed by atoms with Gasteiger partial charge in [-0.2, -0.15) is 5.26 Å². The molecule has 2 aromatic rings. The average Bonchev–Trinajstić information content (AvgIpc) is 2.84. The monoisotopic (exact) mass is 270 g/mol. The van der Waals surface area contributed by atoms with Crippen LogP contribution in [0.25, 0.3) is 0 Å². The summed E-state index contributed by atoms with van der Waals surface area (Å²) in [6, 6.07) is 7.78. The van der Waals surface area contributed by atoms with Crippen LogP contribution in [0.2, 0.25) is 0 Å². The van der Waals surface area contributed by atoms with Gasteiger partial charge in [0.2, 0.25) is 0 Å². The van der Waals surface area contributed by atoms with Gasteiger partial charge in [0.25, 0.3) is 0 Å². The van der Waals surface area contributed by atoms with Crippen LogP contribution >= 0.6 is 0 Å². The topological polar surface area (TPSA) is 54.1 Å². The van der Waals surface area contributed by atoms with Crippen molar-refractivity contribution < 1.29 is 4.74 Å². The fraction of sp³-hybridized carbons (Fsp3) is 0.333. The van der Waals surface area contributed by atoms with E-state index in [-0.39, 0.29) is 0 Å². The standard InChI is InChI=1S/C15H18N4O/c1-18(11-15-17-6-7-19(15)2)10-12-4-5-13(9-16)14(8-12)20-3/h4-8H,10-11H2,1-3H3. The Bertz CT molecular complexity index is 627. The second-order valence-corrected chi connectivity index (χ2v) is 4.77. The third kappa shape index (κ3) is 3.16. The van der Waals surface area contributed by atoms with Gasteiger partial charge < -0.3 is 9.30 Å². The van der Waals surface area contributed by atoms with Crippen molar-refractivity contribution in [1.82, 2.24) is 14.5 Å². The fourth-order valence-corrected chi connectivity index (χ4v) is 2.08. The van der Waals surface area contributed by atoms with Gasteiger partial charge in [0.05, 0.1) is 19.2 Å². The number of ether oxygens (including phenoxy) is 1. The molecule has 0 bridgehead atoms. The van der Waals surface area contributed by atoms with Crippen molar-refractivity contribution in [2.24, 2.45) is 7.05 Å². The minimum absolute atomic E-state index is 0.558.